The Labute approximate surface area is 116 Å². The van der Waals surface area contributed by atoms with Crippen molar-refractivity contribution in [2.75, 3.05) is 0 Å². The number of aromatic nitrogens is 2. The molecule has 0 aliphatic carbocycles. The third-order valence-corrected chi connectivity index (χ3v) is 4.19. The fraction of sp³-hybridized carbons (Fsp3) is 0.200. The van der Waals surface area contributed by atoms with Gasteiger partial charge < -0.3 is 5.73 Å². The van der Waals surface area contributed by atoms with Crippen LogP contribution in [0, 0.1) is 6.92 Å². The Morgan fingerprint density at radius 3 is 2.84 bits per heavy atom. The van der Waals surface area contributed by atoms with Gasteiger partial charge in [-0.3, -0.25) is 9.97 Å². The molecule has 0 radical (unpaired) electrons. The number of aryl methyl sites for hydroxylation is 1. The molecular weight excluding hydrogens is 254 g/mol. The summed E-state index contributed by atoms with van der Waals surface area (Å²) in [7, 11) is 0. The molecule has 3 aromatic rings. The van der Waals surface area contributed by atoms with Gasteiger partial charge >= 0.3 is 0 Å². The molecule has 2 heterocycles. The number of hydrogen-bond donors (Lipinski definition) is 1. The molecule has 2 aromatic heterocycles. The lowest BCUT2D eigenvalue weighted by Crippen LogP contribution is -2.15. The standard InChI is InChI=1S/C15H15N3S/c1-10-7-18-14(8-17-10)13(16)6-11-9-19-15-5-3-2-4-12(11)15/h2-5,7-9,13H,6,16H2,1H3. The molecule has 0 aliphatic heterocycles. The average molecular weight is 269 g/mol. The second-order valence-electron chi connectivity index (χ2n) is 4.65. The van der Waals surface area contributed by atoms with E-state index in [0.29, 0.717) is 0 Å². The summed E-state index contributed by atoms with van der Waals surface area (Å²) in [4.78, 5) is 8.61. The van der Waals surface area contributed by atoms with Crippen LogP contribution in [-0.2, 0) is 6.42 Å². The largest absolute Gasteiger partial charge is 0.322 e. The van der Waals surface area contributed by atoms with Gasteiger partial charge in [-0.1, -0.05) is 18.2 Å². The lowest BCUT2D eigenvalue weighted by atomic mass is 10.0. The van der Waals surface area contributed by atoms with Crippen molar-refractivity contribution in [3.05, 3.63) is 59.0 Å². The molecule has 0 amide bonds. The van der Waals surface area contributed by atoms with Gasteiger partial charge in [-0.2, -0.15) is 0 Å². The third kappa shape index (κ3) is 2.50. The molecule has 4 heteroatoms. The highest BCUT2D eigenvalue weighted by molar-refractivity contribution is 7.17. The molecule has 3 nitrogen and oxygen atoms in total. The number of rotatable bonds is 3. The summed E-state index contributed by atoms with van der Waals surface area (Å²) in [5, 5.41) is 3.48. The van der Waals surface area contributed by atoms with E-state index in [0.717, 1.165) is 17.8 Å². The Kier molecular flexibility index (Phi) is 3.27. The molecule has 0 spiro atoms. The molecular formula is C15H15N3S. The van der Waals surface area contributed by atoms with Crippen LogP contribution in [0.1, 0.15) is 23.0 Å². The van der Waals surface area contributed by atoms with Gasteiger partial charge in [0.2, 0.25) is 0 Å². The average Bonchev–Trinajstić information content (AvgIpc) is 2.83. The van der Waals surface area contributed by atoms with Crippen LogP contribution in [-0.4, -0.2) is 9.97 Å². The minimum Gasteiger partial charge on any atom is -0.322 e. The van der Waals surface area contributed by atoms with Crippen molar-refractivity contribution in [3.8, 4) is 0 Å². The van der Waals surface area contributed by atoms with Crippen LogP contribution < -0.4 is 5.73 Å². The minimum absolute atomic E-state index is 0.105. The van der Waals surface area contributed by atoms with Crippen molar-refractivity contribution in [1.29, 1.82) is 0 Å². The second-order valence-corrected chi connectivity index (χ2v) is 5.56. The molecule has 19 heavy (non-hydrogen) atoms. The van der Waals surface area contributed by atoms with Gasteiger partial charge in [0.05, 0.1) is 23.6 Å². The van der Waals surface area contributed by atoms with E-state index >= 15 is 0 Å². The predicted molar refractivity (Wildman–Crippen MR) is 79.2 cm³/mol. The fourth-order valence-electron chi connectivity index (χ4n) is 2.13. The Morgan fingerprint density at radius 1 is 1.21 bits per heavy atom. The van der Waals surface area contributed by atoms with E-state index in [1.165, 1.54) is 15.6 Å². The quantitative estimate of drug-likeness (QED) is 0.794. The topological polar surface area (TPSA) is 51.8 Å². The molecule has 0 aliphatic rings. The zero-order valence-corrected chi connectivity index (χ0v) is 11.5. The summed E-state index contributed by atoms with van der Waals surface area (Å²) in [5.41, 5.74) is 9.28. The zero-order valence-electron chi connectivity index (χ0n) is 10.7. The van der Waals surface area contributed by atoms with Crippen LogP contribution >= 0.6 is 11.3 Å². The van der Waals surface area contributed by atoms with Crippen molar-refractivity contribution >= 4 is 21.4 Å². The van der Waals surface area contributed by atoms with Crippen LogP contribution in [0.15, 0.2) is 42.0 Å². The minimum atomic E-state index is -0.105. The van der Waals surface area contributed by atoms with E-state index in [1.807, 2.05) is 6.92 Å². The maximum absolute atomic E-state index is 6.23. The molecule has 3 rings (SSSR count). The van der Waals surface area contributed by atoms with Gasteiger partial charge in [0, 0.05) is 10.9 Å². The van der Waals surface area contributed by atoms with Crippen LogP contribution in [0.25, 0.3) is 10.1 Å². The Morgan fingerprint density at radius 2 is 2.05 bits per heavy atom. The monoisotopic (exact) mass is 269 g/mol. The third-order valence-electron chi connectivity index (χ3n) is 3.18. The Bertz CT molecular complexity index is 688. The zero-order chi connectivity index (χ0) is 13.2. The molecule has 96 valence electrons. The van der Waals surface area contributed by atoms with Crippen LogP contribution in [0.5, 0.6) is 0 Å². The number of hydrogen-bond acceptors (Lipinski definition) is 4. The van der Waals surface area contributed by atoms with Gasteiger partial charge in [-0.15, -0.1) is 11.3 Å². The molecule has 1 unspecified atom stereocenters. The maximum Gasteiger partial charge on any atom is 0.0757 e. The number of nitrogens with two attached hydrogens (primary N) is 1. The van der Waals surface area contributed by atoms with Crippen molar-refractivity contribution in [2.24, 2.45) is 5.73 Å². The fourth-order valence-corrected chi connectivity index (χ4v) is 3.10. The first-order chi connectivity index (χ1) is 9.24. The summed E-state index contributed by atoms with van der Waals surface area (Å²) in [6.07, 6.45) is 4.33. The summed E-state index contributed by atoms with van der Waals surface area (Å²) in [6, 6.07) is 8.31. The summed E-state index contributed by atoms with van der Waals surface area (Å²) < 4.78 is 1.31. The lowest BCUT2D eigenvalue weighted by Gasteiger charge is -2.10. The van der Waals surface area contributed by atoms with Crippen molar-refractivity contribution < 1.29 is 0 Å². The number of fused-ring (bicyclic) bond motifs is 1. The summed E-state index contributed by atoms with van der Waals surface area (Å²) in [5.74, 6) is 0. The van der Waals surface area contributed by atoms with E-state index in [2.05, 4.69) is 39.6 Å². The van der Waals surface area contributed by atoms with Gasteiger partial charge in [-0.25, -0.2) is 0 Å². The predicted octanol–water partition coefficient (Wildman–Crippen LogP) is 3.24. The normalized spacial score (nSPS) is 12.7. The van der Waals surface area contributed by atoms with Gasteiger partial charge in [-0.05, 0) is 35.7 Å². The first-order valence-electron chi connectivity index (χ1n) is 6.23. The van der Waals surface area contributed by atoms with Gasteiger partial charge in [0.1, 0.15) is 0 Å². The van der Waals surface area contributed by atoms with Crippen molar-refractivity contribution in [3.63, 3.8) is 0 Å². The highest BCUT2D eigenvalue weighted by atomic mass is 32.1. The van der Waals surface area contributed by atoms with Gasteiger partial charge in [0.25, 0.3) is 0 Å². The molecule has 1 aromatic carbocycles. The molecule has 2 N–H and O–H groups in total. The van der Waals surface area contributed by atoms with Crippen LogP contribution in [0.3, 0.4) is 0 Å². The Balaban J connectivity index is 1.86. The van der Waals surface area contributed by atoms with E-state index in [4.69, 9.17) is 5.73 Å². The van der Waals surface area contributed by atoms with Crippen LogP contribution in [0.4, 0.5) is 0 Å². The SMILES string of the molecule is Cc1cnc(C(N)Cc2csc3ccccc23)cn1. The number of nitrogens with zero attached hydrogens (tertiary/aromatic N) is 2. The van der Waals surface area contributed by atoms with E-state index < -0.39 is 0 Å². The van der Waals surface area contributed by atoms with Crippen molar-refractivity contribution in [1.82, 2.24) is 9.97 Å². The van der Waals surface area contributed by atoms with Gasteiger partial charge in [0.15, 0.2) is 0 Å². The van der Waals surface area contributed by atoms with E-state index in [9.17, 15) is 0 Å². The summed E-state index contributed by atoms with van der Waals surface area (Å²) >= 11 is 1.76. The smallest absolute Gasteiger partial charge is 0.0757 e. The number of thiophene rings is 1. The Hall–Kier alpha value is -1.78. The van der Waals surface area contributed by atoms with Crippen LogP contribution in [0.2, 0.25) is 0 Å². The molecule has 0 bridgehead atoms. The maximum atomic E-state index is 6.23. The highest BCUT2D eigenvalue weighted by Gasteiger charge is 2.12. The number of benzene rings is 1. The molecule has 1 atom stereocenters. The lowest BCUT2D eigenvalue weighted by molar-refractivity contribution is 0.693. The molecule has 0 saturated heterocycles. The first-order valence-corrected chi connectivity index (χ1v) is 7.11. The van der Waals surface area contributed by atoms with Crippen molar-refractivity contribution in [2.45, 2.75) is 19.4 Å². The summed E-state index contributed by atoms with van der Waals surface area (Å²) in [6.45, 7) is 1.93. The second kappa shape index (κ2) is 5.07. The molecule has 0 fully saturated rings. The highest BCUT2D eigenvalue weighted by Crippen LogP contribution is 2.28. The van der Waals surface area contributed by atoms with E-state index in [-0.39, 0.29) is 6.04 Å². The molecule has 0 saturated carbocycles. The first kappa shape index (κ1) is 12.3. The van der Waals surface area contributed by atoms with E-state index in [1.54, 1.807) is 23.7 Å².